The summed E-state index contributed by atoms with van der Waals surface area (Å²) in [5.74, 6) is 0.994. The Morgan fingerprint density at radius 1 is 0.924 bits per heavy atom. The van der Waals surface area contributed by atoms with Crippen molar-refractivity contribution in [1.82, 2.24) is 44.7 Å². The second-order valence-electron chi connectivity index (χ2n) is 22.3. The van der Waals surface area contributed by atoms with Crippen molar-refractivity contribution < 1.29 is 33.7 Å². The lowest BCUT2D eigenvalue weighted by Crippen LogP contribution is -2.49. The molecule has 0 unspecified atom stereocenters. The fraction of sp³-hybridized carbons (Fsp3) is 0.525. The molecular formula is C59H72ClN11O8. The number of halogens is 1. The van der Waals surface area contributed by atoms with Gasteiger partial charge in [-0.2, -0.15) is 5.26 Å². The zero-order valence-corrected chi connectivity index (χ0v) is 46.8. The first-order valence-corrected chi connectivity index (χ1v) is 28.4. The number of aliphatic hydroxyl groups is 1. The van der Waals surface area contributed by atoms with Gasteiger partial charge >= 0.3 is 12.1 Å². The minimum absolute atomic E-state index is 0.0175. The lowest BCUT2D eigenvalue weighted by molar-refractivity contribution is -0.172. The van der Waals surface area contributed by atoms with Gasteiger partial charge in [0.05, 0.1) is 45.7 Å². The molecule has 418 valence electrons. The number of nitriles is 1. The van der Waals surface area contributed by atoms with Crippen molar-refractivity contribution in [2.75, 3.05) is 78.4 Å². The van der Waals surface area contributed by atoms with Crippen molar-refractivity contribution in [2.24, 2.45) is 0 Å². The first-order chi connectivity index (χ1) is 38.1. The number of piperidine rings is 1. The Hall–Kier alpha value is -6.69. The van der Waals surface area contributed by atoms with E-state index in [2.05, 4.69) is 43.3 Å². The van der Waals surface area contributed by atoms with Crippen LogP contribution in [0.5, 0.6) is 11.5 Å². The molecule has 2 N–H and O–H groups in total. The van der Waals surface area contributed by atoms with E-state index >= 15 is 0 Å². The summed E-state index contributed by atoms with van der Waals surface area (Å²) in [6.45, 7) is 10.7. The number of nitrogens with zero attached hydrogens (tertiary/aromatic N) is 10. The van der Waals surface area contributed by atoms with E-state index in [0.717, 1.165) is 125 Å². The van der Waals surface area contributed by atoms with Crippen LogP contribution in [0.1, 0.15) is 121 Å². The van der Waals surface area contributed by atoms with E-state index in [1.54, 1.807) is 46.7 Å². The Balaban J connectivity index is 0.618. The molecule has 2 aromatic carbocycles. The summed E-state index contributed by atoms with van der Waals surface area (Å²) in [5.41, 5.74) is 3.35. The number of carbonyl (C=O) groups excluding carboxylic acids is 3. The van der Waals surface area contributed by atoms with Crippen LogP contribution in [0.4, 0.5) is 10.6 Å². The van der Waals surface area contributed by atoms with E-state index in [4.69, 9.17) is 30.8 Å². The quantitative estimate of drug-likeness (QED) is 0.0685. The molecule has 5 aliphatic rings. The Kier molecular flexibility index (Phi) is 16.9. The van der Waals surface area contributed by atoms with Gasteiger partial charge in [-0.25, -0.2) is 14.6 Å². The highest BCUT2D eigenvalue weighted by molar-refractivity contribution is 6.32. The molecule has 19 nitrogen and oxygen atoms in total. The summed E-state index contributed by atoms with van der Waals surface area (Å²) in [6, 6.07) is 17.2. The maximum absolute atomic E-state index is 13.8. The van der Waals surface area contributed by atoms with Crippen LogP contribution in [0.3, 0.4) is 0 Å². The van der Waals surface area contributed by atoms with E-state index in [0.29, 0.717) is 70.4 Å². The minimum Gasteiger partial charge on any atom is -0.490 e. The van der Waals surface area contributed by atoms with Gasteiger partial charge in [0.2, 0.25) is 0 Å². The van der Waals surface area contributed by atoms with Crippen molar-refractivity contribution in [1.29, 1.82) is 5.26 Å². The smallest absolute Gasteiger partial charge is 0.415 e. The van der Waals surface area contributed by atoms with Crippen LogP contribution < -0.4 is 25.2 Å². The molecule has 0 radical (unpaired) electrons. The summed E-state index contributed by atoms with van der Waals surface area (Å²) in [7, 11) is 6.16. The minimum atomic E-state index is -1.90. The maximum Gasteiger partial charge on any atom is 0.415 e. The van der Waals surface area contributed by atoms with E-state index in [1.165, 1.54) is 6.42 Å². The third-order valence-electron chi connectivity index (χ3n) is 16.9. The summed E-state index contributed by atoms with van der Waals surface area (Å²) in [4.78, 5) is 69.3. The number of aromatic nitrogens is 4. The van der Waals surface area contributed by atoms with Gasteiger partial charge in [-0.15, -0.1) is 10.2 Å². The highest BCUT2D eigenvalue weighted by Crippen LogP contribution is 2.40. The molecule has 79 heavy (non-hydrogen) atoms. The number of hydrogen-bond donors (Lipinski definition) is 2. The molecule has 0 bridgehead atoms. The Morgan fingerprint density at radius 2 is 1.67 bits per heavy atom. The molecule has 20 heteroatoms. The molecular weight excluding hydrogens is 1030 g/mol. The average Bonchev–Trinajstić information content (AvgIpc) is 4.05. The number of pyridine rings is 2. The second kappa shape index (κ2) is 24.0. The predicted octanol–water partition coefficient (Wildman–Crippen LogP) is 7.16. The third kappa shape index (κ3) is 11.8. The summed E-state index contributed by atoms with van der Waals surface area (Å²) in [5, 5.41) is 33.7. The Labute approximate surface area is 466 Å². The van der Waals surface area contributed by atoms with Gasteiger partial charge in [0, 0.05) is 85.5 Å². The number of fused-ring (bicyclic) bond motifs is 5. The topological polar surface area (TPSA) is 212 Å². The number of ether oxygens (including phenoxy) is 3. The van der Waals surface area contributed by atoms with Gasteiger partial charge in [0.15, 0.2) is 17.1 Å². The molecule has 5 aromatic rings. The summed E-state index contributed by atoms with van der Waals surface area (Å²) >= 11 is 6.34. The van der Waals surface area contributed by atoms with Crippen molar-refractivity contribution in [3.63, 3.8) is 0 Å². The molecule has 0 spiro atoms. The monoisotopic (exact) mass is 1100 g/mol. The molecule has 2 saturated heterocycles. The van der Waals surface area contributed by atoms with Crippen molar-refractivity contribution in [3.8, 4) is 29.0 Å². The van der Waals surface area contributed by atoms with Gasteiger partial charge in [0.25, 0.3) is 11.5 Å². The molecule has 3 fully saturated rings. The second-order valence-corrected chi connectivity index (χ2v) is 22.6. The number of cyclic esters (lactones) is 1. The van der Waals surface area contributed by atoms with Gasteiger partial charge in [-0.05, 0) is 147 Å². The Bertz CT molecular complexity index is 3200. The molecule has 1 atom stereocenters. The zero-order valence-electron chi connectivity index (χ0n) is 46.1. The fourth-order valence-corrected chi connectivity index (χ4v) is 12.2. The van der Waals surface area contributed by atoms with Crippen LogP contribution in [0.15, 0.2) is 53.3 Å². The SMILES string of the molecule is CC[C@@]1(O)C(=O)OCc2c1cc1n(c2=O)Cc2cc3c(CN(C)C)c(OC(=O)N4CCN(CCCCCCN(C)C5CCN(c6ccc(C(=O)NC7CCC(Oc8ccc(C#N)c(Cl)c8C)CC7)nn6)CC5)CC4)ccc3nc2-1. The molecule has 1 aliphatic carbocycles. The number of anilines is 1. The first kappa shape index (κ1) is 55.6. The lowest BCUT2D eigenvalue weighted by Gasteiger charge is -2.37. The highest BCUT2D eigenvalue weighted by atomic mass is 35.5. The normalized spacial score (nSPS) is 20.4. The van der Waals surface area contributed by atoms with E-state index < -0.39 is 11.6 Å². The number of rotatable bonds is 17. The average molecular weight is 1100 g/mol. The number of benzene rings is 2. The standard InChI is InChI=1S/C59H72ClN11O8/c1-6-59(76)46-32-49-54-39(34-71(49)56(73)45(46)36-77-57(59)74)31-43-44(35-66(3)4)51(19-16-47(43)63-54)79-58(75)70-29-27-68(28-30-70)24-10-8-7-9-23-67(5)41-21-25-69(26-22-41)52-20-17-48(64-65-52)55(72)62-40-12-14-42(15-13-40)78-50-18-11-38(33-61)53(60)37(50)2/h11,16-20,31-32,40-42,76H,6-10,12-15,21-30,34-36H2,1-5H3,(H,62,72)/t40?,42?,59-/m0/s1. The van der Waals surface area contributed by atoms with E-state index in [1.807, 2.05) is 44.1 Å². The van der Waals surface area contributed by atoms with Crippen LogP contribution >= 0.6 is 11.6 Å². The zero-order chi connectivity index (χ0) is 55.5. The molecule has 7 heterocycles. The molecule has 3 aromatic heterocycles. The molecule has 4 aliphatic heterocycles. The van der Waals surface area contributed by atoms with E-state index in [-0.39, 0.29) is 60.4 Å². The van der Waals surface area contributed by atoms with Crippen molar-refractivity contribution in [2.45, 2.75) is 128 Å². The first-order valence-electron chi connectivity index (χ1n) is 28.0. The maximum atomic E-state index is 13.8. The summed E-state index contributed by atoms with van der Waals surface area (Å²) < 4.78 is 19.3. The highest BCUT2D eigenvalue weighted by Gasteiger charge is 2.45. The van der Waals surface area contributed by atoms with Crippen LogP contribution in [0.2, 0.25) is 5.02 Å². The van der Waals surface area contributed by atoms with Crippen LogP contribution in [0, 0.1) is 18.3 Å². The number of unbranched alkanes of at least 4 members (excludes halogenated alkanes) is 3. The largest absolute Gasteiger partial charge is 0.490 e. The van der Waals surface area contributed by atoms with Crippen LogP contribution in [0.25, 0.3) is 22.3 Å². The number of piperazine rings is 1. The van der Waals surface area contributed by atoms with Gasteiger partial charge in [0.1, 0.15) is 24.2 Å². The van der Waals surface area contributed by atoms with Crippen molar-refractivity contribution >= 4 is 46.3 Å². The third-order valence-corrected chi connectivity index (χ3v) is 17.3. The van der Waals surface area contributed by atoms with Crippen LogP contribution in [-0.2, 0) is 34.8 Å². The number of esters is 1. The predicted molar refractivity (Wildman–Crippen MR) is 299 cm³/mol. The molecule has 1 saturated carbocycles. The molecule has 10 rings (SSSR count). The lowest BCUT2D eigenvalue weighted by atomic mass is 9.86. The number of carbonyl (C=O) groups is 3. The number of amides is 2. The molecule has 2 amide bonds. The summed E-state index contributed by atoms with van der Waals surface area (Å²) in [6.07, 6.45) is 9.56. The van der Waals surface area contributed by atoms with Gasteiger partial charge in [-0.3, -0.25) is 14.5 Å². The fourth-order valence-electron chi connectivity index (χ4n) is 12.0. The number of nitrogens with one attached hydrogen (secondary N) is 1. The number of hydrogen-bond acceptors (Lipinski definition) is 16. The Morgan fingerprint density at radius 3 is 2.38 bits per heavy atom. The van der Waals surface area contributed by atoms with Gasteiger partial charge < -0.3 is 48.8 Å². The van der Waals surface area contributed by atoms with Gasteiger partial charge in [-0.1, -0.05) is 31.4 Å². The van der Waals surface area contributed by atoms with Crippen LogP contribution in [-0.4, -0.2) is 154 Å². The van der Waals surface area contributed by atoms with E-state index in [9.17, 15) is 29.5 Å². The van der Waals surface area contributed by atoms with Crippen molar-refractivity contribution in [3.05, 3.63) is 103 Å².